The van der Waals surface area contributed by atoms with Crippen molar-refractivity contribution >= 4 is 11.9 Å². The summed E-state index contributed by atoms with van der Waals surface area (Å²) in [5.74, 6) is -1.14. The van der Waals surface area contributed by atoms with Crippen LogP contribution in [0.1, 0.15) is 31.1 Å². The lowest BCUT2D eigenvalue weighted by molar-refractivity contribution is -0.137. The van der Waals surface area contributed by atoms with Crippen LogP contribution in [0.2, 0.25) is 0 Å². The minimum atomic E-state index is -1.12. The summed E-state index contributed by atoms with van der Waals surface area (Å²) in [7, 11) is 0. The number of carboxylic acids is 1. The van der Waals surface area contributed by atoms with Gasteiger partial charge < -0.3 is 15.2 Å². The SMILES string of the molecule is CC(C)(C)/C=C/[C@@H](NC(=O)c1ccc(Oc2ncccn2)cc1)C(=O)O. The number of amides is 1. The molecule has 0 unspecified atom stereocenters. The molecule has 0 spiro atoms. The highest BCUT2D eigenvalue weighted by molar-refractivity contribution is 5.97. The molecule has 0 aliphatic rings. The van der Waals surface area contributed by atoms with Crippen LogP contribution in [0.25, 0.3) is 0 Å². The number of hydrogen-bond donors (Lipinski definition) is 2. The molecule has 2 rings (SSSR count). The summed E-state index contributed by atoms with van der Waals surface area (Å²) in [5.41, 5.74) is 0.137. The van der Waals surface area contributed by atoms with Crippen molar-refractivity contribution in [3.8, 4) is 11.8 Å². The number of aromatic nitrogens is 2. The zero-order valence-electron chi connectivity index (χ0n) is 14.8. The van der Waals surface area contributed by atoms with Crippen LogP contribution in [0.4, 0.5) is 0 Å². The second-order valence-electron chi connectivity index (χ2n) is 6.67. The maximum atomic E-state index is 12.3. The minimum absolute atomic E-state index is 0.184. The van der Waals surface area contributed by atoms with Crippen LogP contribution in [-0.2, 0) is 4.79 Å². The van der Waals surface area contributed by atoms with Crippen LogP contribution < -0.4 is 10.1 Å². The molecule has 1 aromatic carbocycles. The van der Waals surface area contributed by atoms with Gasteiger partial charge in [-0.25, -0.2) is 14.8 Å². The van der Waals surface area contributed by atoms with Gasteiger partial charge >= 0.3 is 12.0 Å². The average Bonchev–Trinajstić information content (AvgIpc) is 2.59. The van der Waals surface area contributed by atoms with Crippen LogP contribution in [0.15, 0.2) is 54.9 Å². The molecular weight excluding hydrogens is 334 g/mol. The Hall–Kier alpha value is -3.22. The molecule has 2 N–H and O–H groups in total. The van der Waals surface area contributed by atoms with Gasteiger partial charge in [-0.1, -0.05) is 32.9 Å². The van der Waals surface area contributed by atoms with Gasteiger partial charge in [-0.05, 0) is 35.7 Å². The van der Waals surface area contributed by atoms with Crippen LogP contribution in [0.5, 0.6) is 11.8 Å². The van der Waals surface area contributed by atoms with Crippen molar-refractivity contribution in [1.29, 1.82) is 0 Å². The number of nitrogens with zero attached hydrogens (tertiary/aromatic N) is 2. The molecule has 0 fully saturated rings. The minimum Gasteiger partial charge on any atom is -0.479 e. The maximum absolute atomic E-state index is 12.3. The van der Waals surface area contributed by atoms with E-state index in [2.05, 4.69) is 15.3 Å². The maximum Gasteiger partial charge on any atom is 0.330 e. The van der Waals surface area contributed by atoms with Gasteiger partial charge in [0.2, 0.25) is 0 Å². The molecule has 1 atom stereocenters. The highest BCUT2D eigenvalue weighted by Gasteiger charge is 2.19. The van der Waals surface area contributed by atoms with Crippen molar-refractivity contribution in [2.45, 2.75) is 26.8 Å². The molecule has 1 amide bonds. The topological polar surface area (TPSA) is 101 Å². The molecule has 0 bridgehead atoms. The number of allylic oxidation sites excluding steroid dienone is 1. The first-order chi connectivity index (χ1) is 12.2. The molecular formula is C19H21N3O4. The van der Waals surface area contributed by atoms with Crippen molar-refractivity contribution < 1.29 is 19.4 Å². The second-order valence-corrected chi connectivity index (χ2v) is 6.67. The third-order valence-electron chi connectivity index (χ3n) is 3.21. The highest BCUT2D eigenvalue weighted by atomic mass is 16.5. The van der Waals surface area contributed by atoms with Crippen LogP contribution >= 0.6 is 0 Å². The largest absolute Gasteiger partial charge is 0.479 e. The summed E-state index contributed by atoms with van der Waals surface area (Å²) < 4.78 is 5.45. The van der Waals surface area contributed by atoms with E-state index in [0.29, 0.717) is 11.3 Å². The first-order valence-electron chi connectivity index (χ1n) is 8.02. The number of benzene rings is 1. The van der Waals surface area contributed by atoms with E-state index in [9.17, 15) is 14.7 Å². The predicted molar refractivity (Wildman–Crippen MR) is 96.0 cm³/mol. The van der Waals surface area contributed by atoms with Gasteiger partial charge in [0.05, 0.1) is 0 Å². The van der Waals surface area contributed by atoms with E-state index < -0.39 is 17.9 Å². The van der Waals surface area contributed by atoms with Gasteiger partial charge in [0, 0.05) is 18.0 Å². The molecule has 0 radical (unpaired) electrons. The number of rotatable bonds is 6. The molecule has 0 saturated carbocycles. The molecule has 1 aromatic heterocycles. The van der Waals surface area contributed by atoms with E-state index in [1.165, 1.54) is 6.08 Å². The third kappa shape index (κ3) is 6.01. The molecule has 2 aromatic rings. The zero-order valence-corrected chi connectivity index (χ0v) is 14.8. The molecule has 7 heteroatoms. The van der Waals surface area contributed by atoms with E-state index in [1.807, 2.05) is 20.8 Å². The molecule has 1 heterocycles. The summed E-state index contributed by atoms with van der Waals surface area (Å²) >= 11 is 0. The lowest BCUT2D eigenvalue weighted by Gasteiger charge is -2.15. The first kappa shape index (κ1) is 19.1. The number of carboxylic acid groups (broad SMARTS) is 1. The van der Waals surface area contributed by atoms with Gasteiger partial charge in [-0.2, -0.15) is 0 Å². The van der Waals surface area contributed by atoms with Crippen LogP contribution in [0, 0.1) is 5.41 Å². The van der Waals surface area contributed by atoms with E-state index in [4.69, 9.17) is 4.74 Å². The van der Waals surface area contributed by atoms with Crippen LogP contribution in [-0.4, -0.2) is 33.0 Å². The van der Waals surface area contributed by atoms with Crippen molar-refractivity contribution in [1.82, 2.24) is 15.3 Å². The van der Waals surface area contributed by atoms with Crippen molar-refractivity contribution in [3.63, 3.8) is 0 Å². The Bertz CT molecular complexity index is 781. The van der Waals surface area contributed by atoms with Gasteiger partial charge in [-0.3, -0.25) is 4.79 Å². The number of aliphatic carboxylic acids is 1. The molecule has 26 heavy (non-hydrogen) atoms. The molecule has 0 aliphatic heterocycles. The Labute approximate surface area is 151 Å². The lowest BCUT2D eigenvalue weighted by atomic mass is 9.95. The third-order valence-corrected chi connectivity index (χ3v) is 3.21. The summed E-state index contributed by atoms with van der Waals surface area (Å²) in [5, 5.41) is 11.8. The summed E-state index contributed by atoms with van der Waals surface area (Å²) in [6, 6.07) is 7.03. The normalized spacial score (nSPS) is 12.6. The van der Waals surface area contributed by atoms with Crippen molar-refractivity contribution in [2.75, 3.05) is 0 Å². The van der Waals surface area contributed by atoms with E-state index in [1.54, 1.807) is 48.8 Å². The second kappa shape index (κ2) is 8.24. The lowest BCUT2D eigenvalue weighted by Crippen LogP contribution is -2.39. The zero-order chi connectivity index (χ0) is 19.2. The Morgan fingerprint density at radius 2 is 1.77 bits per heavy atom. The van der Waals surface area contributed by atoms with E-state index in [0.717, 1.165) is 0 Å². The summed E-state index contributed by atoms with van der Waals surface area (Å²) in [6.07, 6.45) is 6.34. The first-order valence-corrected chi connectivity index (χ1v) is 8.02. The Balaban J connectivity index is 2.04. The summed E-state index contributed by atoms with van der Waals surface area (Å²) in [6.45, 7) is 5.83. The highest BCUT2D eigenvalue weighted by Crippen LogP contribution is 2.18. The van der Waals surface area contributed by atoms with Gasteiger partial charge in [0.15, 0.2) is 0 Å². The summed E-state index contributed by atoms with van der Waals surface area (Å²) in [4.78, 5) is 31.5. The quantitative estimate of drug-likeness (QED) is 0.772. The number of hydrogen-bond acceptors (Lipinski definition) is 5. The van der Waals surface area contributed by atoms with Crippen molar-refractivity contribution in [2.24, 2.45) is 5.41 Å². The molecule has 136 valence electrons. The number of carbonyl (C=O) groups is 2. The Kier molecular flexibility index (Phi) is 6.06. The number of ether oxygens (including phenoxy) is 1. The predicted octanol–water partition coefficient (Wildman–Crippen LogP) is 3.05. The van der Waals surface area contributed by atoms with Gasteiger partial charge in [0.25, 0.3) is 5.91 Å². The van der Waals surface area contributed by atoms with Gasteiger partial charge in [-0.15, -0.1) is 0 Å². The average molecular weight is 355 g/mol. The standard InChI is InChI=1S/C19H21N3O4/c1-19(2,3)10-9-15(17(24)25)22-16(23)13-5-7-14(8-6-13)26-18-20-11-4-12-21-18/h4-12,15H,1-3H3,(H,22,23)(H,24,25)/b10-9+/t15-/m1/s1. The van der Waals surface area contributed by atoms with E-state index in [-0.39, 0.29) is 11.4 Å². The monoisotopic (exact) mass is 355 g/mol. The Morgan fingerprint density at radius 1 is 1.15 bits per heavy atom. The fourth-order valence-electron chi connectivity index (χ4n) is 1.92. The number of nitrogens with one attached hydrogen (secondary N) is 1. The molecule has 0 aliphatic carbocycles. The van der Waals surface area contributed by atoms with E-state index >= 15 is 0 Å². The Morgan fingerprint density at radius 3 is 2.31 bits per heavy atom. The van der Waals surface area contributed by atoms with Crippen molar-refractivity contribution in [3.05, 3.63) is 60.4 Å². The smallest absolute Gasteiger partial charge is 0.330 e. The fraction of sp³-hybridized carbons (Fsp3) is 0.263. The molecule has 7 nitrogen and oxygen atoms in total. The number of carbonyl (C=O) groups excluding carboxylic acids is 1. The van der Waals surface area contributed by atoms with Gasteiger partial charge in [0.1, 0.15) is 11.8 Å². The fourth-order valence-corrected chi connectivity index (χ4v) is 1.92. The molecule has 0 saturated heterocycles. The van der Waals surface area contributed by atoms with Crippen LogP contribution in [0.3, 0.4) is 0 Å².